The summed E-state index contributed by atoms with van der Waals surface area (Å²) in [5, 5.41) is 7.39. The topological polar surface area (TPSA) is 59.0 Å². The van der Waals surface area contributed by atoms with Crippen LogP contribution in [0.4, 0.5) is 0 Å². The number of halogens is 1. The van der Waals surface area contributed by atoms with Crippen LogP contribution in [0.15, 0.2) is 114 Å². The van der Waals surface area contributed by atoms with Crippen LogP contribution in [0.1, 0.15) is 74.8 Å². The number of Topliss-reactive ketones (excluding diaryl/α,β-unsaturated/α-hetero) is 2. The van der Waals surface area contributed by atoms with Gasteiger partial charge in [-0.25, -0.2) is 0 Å². The fourth-order valence-corrected chi connectivity index (χ4v) is 10.2. The van der Waals surface area contributed by atoms with E-state index in [4.69, 9.17) is 21.6 Å². The highest BCUT2D eigenvalue weighted by Crippen LogP contribution is 2.69. The van der Waals surface area contributed by atoms with Gasteiger partial charge in [0.15, 0.2) is 11.6 Å². The van der Waals surface area contributed by atoms with Gasteiger partial charge in [-0.3, -0.25) is 14.5 Å². The van der Waals surface area contributed by atoms with Crippen molar-refractivity contribution in [2.45, 2.75) is 56.1 Å². The SMILES string of the molecule is Cc1ccc([C@H]2C(c3ccc(Cl)cc3)=NOC23CCC[C@@]2(C3=O)[C@@H](c3ccc(C)cc3)CN(C)[C@@]23C(=O)c2cccc4cccc3c24)cc1. The predicted octanol–water partition coefficient (Wildman–Crippen LogP) is 8.93. The molecule has 2 aliphatic heterocycles. The highest BCUT2D eigenvalue weighted by molar-refractivity contribution is 6.30. The normalized spacial score (nSPS) is 29.0. The number of likely N-dealkylation sites (N-methyl/N-ethyl adjacent to an activating group) is 1. The van der Waals surface area contributed by atoms with E-state index in [-0.39, 0.29) is 17.5 Å². The molecule has 0 radical (unpaired) electrons. The van der Waals surface area contributed by atoms with Gasteiger partial charge in [0.25, 0.3) is 0 Å². The molecule has 2 heterocycles. The van der Waals surface area contributed by atoms with Gasteiger partial charge in [-0.2, -0.15) is 0 Å². The zero-order valence-corrected chi connectivity index (χ0v) is 28.6. The van der Waals surface area contributed by atoms with Crippen LogP contribution in [0.25, 0.3) is 10.8 Å². The molecule has 5 aromatic carbocycles. The summed E-state index contributed by atoms with van der Waals surface area (Å²) in [6, 6.07) is 36.7. The summed E-state index contributed by atoms with van der Waals surface area (Å²) in [5.74, 6) is -0.753. The lowest BCUT2D eigenvalue weighted by atomic mass is 9.49. The minimum atomic E-state index is -1.31. The van der Waals surface area contributed by atoms with E-state index in [1.807, 2.05) is 49.5 Å². The molecule has 5 aromatic rings. The molecular weight excluding hydrogens is 628 g/mol. The molecule has 2 aliphatic carbocycles. The van der Waals surface area contributed by atoms with E-state index >= 15 is 9.59 Å². The Bertz CT molecular complexity index is 2200. The number of oxime groups is 1. The first-order chi connectivity index (χ1) is 23.7. The number of hydrogen-bond acceptors (Lipinski definition) is 5. The summed E-state index contributed by atoms with van der Waals surface area (Å²) in [5.41, 5.74) is 3.86. The van der Waals surface area contributed by atoms with Crippen molar-refractivity contribution in [3.05, 3.63) is 153 Å². The van der Waals surface area contributed by atoms with Crippen molar-refractivity contribution in [2.75, 3.05) is 13.6 Å². The number of nitrogens with zero attached hydrogens (tertiary/aromatic N) is 2. The fraction of sp³-hybridized carbons (Fsp3) is 0.279. The van der Waals surface area contributed by atoms with Crippen molar-refractivity contribution in [1.82, 2.24) is 4.90 Å². The molecule has 5 atom stereocenters. The summed E-state index contributed by atoms with van der Waals surface area (Å²) in [6.07, 6.45) is 1.76. The Balaban J connectivity index is 1.31. The molecule has 6 heteroatoms. The number of carbonyl (C=O) groups excluding carboxylic acids is 2. The molecule has 4 aliphatic rings. The molecule has 3 spiro atoms. The molecule has 0 bridgehead atoms. The number of benzene rings is 5. The summed E-state index contributed by atoms with van der Waals surface area (Å²) >= 11 is 6.33. The molecule has 0 amide bonds. The van der Waals surface area contributed by atoms with Crippen LogP contribution in [0.2, 0.25) is 5.02 Å². The van der Waals surface area contributed by atoms with Crippen LogP contribution in [0, 0.1) is 19.3 Å². The minimum Gasteiger partial charge on any atom is -0.380 e. The first-order valence-electron chi connectivity index (χ1n) is 17.2. The minimum absolute atomic E-state index is 0.00513. The van der Waals surface area contributed by atoms with Crippen LogP contribution in [-0.2, 0) is 15.2 Å². The van der Waals surface area contributed by atoms with Gasteiger partial charge in [-0.05, 0) is 79.8 Å². The summed E-state index contributed by atoms with van der Waals surface area (Å²) in [4.78, 5) is 40.7. The summed E-state index contributed by atoms with van der Waals surface area (Å²) < 4.78 is 0. The van der Waals surface area contributed by atoms with Crippen LogP contribution >= 0.6 is 11.6 Å². The zero-order chi connectivity index (χ0) is 33.7. The number of fused-ring (bicyclic) bond motifs is 2. The van der Waals surface area contributed by atoms with Gasteiger partial charge >= 0.3 is 0 Å². The van der Waals surface area contributed by atoms with E-state index in [1.165, 1.54) is 0 Å². The molecule has 0 N–H and O–H groups in total. The standard InChI is InChI=1S/C43H37ClN2O3/c1-26-11-15-28(16-12-26)35-25-46(3)43(34-10-5-8-29-7-4-9-33(36(29)34)39(43)47)41(35)23-6-24-42(40(41)48)37(30-17-13-27(2)14-18-30)38(45-49-42)31-19-21-32(44)22-20-31/h4-5,7-22,35,37H,6,23-25H2,1-3H3/t35-,37+,41+,42?,43+/m1/s1. The Morgan fingerprint density at radius 3 is 2.14 bits per heavy atom. The number of ketones is 2. The Morgan fingerprint density at radius 1 is 0.796 bits per heavy atom. The second-order valence-corrected chi connectivity index (χ2v) is 15.0. The summed E-state index contributed by atoms with van der Waals surface area (Å²) in [7, 11) is 2.04. The monoisotopic (exact) mass is 664 g/mol. The van der Waals surface area contributed by atoms with E-state index in [9.17, 15) is 0 Å². The van der Waals surface area contributed by atoms with Crippen LogP contribution in [0.5, 0.6) is 0 Å². The van der Waals surface area contributed by atoms with E-state index < -0.39 is 22.5 Å². The number of rotatable bonds is 3. The zero-order valence-electron chi connectivity index (χ0n) is 27.9. The number of carbonyl (C=O) groups is 2. The lowest BCUT2D eigenvalue weighted by molar-refractivity contribution is -0.167. The van der Waals surface area contributed by atoms with E-state index in [0.29, 0.717) is 42.1 Å². The number of likely N-dealkylation sites (tertiary alicyclic amines) is 1. The Kier molecular flexibility index (Phi) is 6.66. The van der Waals surface area contributed by atoms with Gasteiger partial charge in [0.05, 0.1) is 17.0 Å². The molecular formula is C43H37ClN2O3. The average molecular weight is 665 g/mol. The molecule has 244 valence electrons. The maximum Gasteiger partial charge on any atom is 0.208 e. The van der Waals surface area contributed by atoms with Crippen molar-refractivity contribution in [3.63, 3.8) is 0 Å². The second kappa shape index (κ2) is 10.7. The molecule has 5 nitrogen and oxygen atoms in total. The summed E-state index contributed by atoms with van der Waals surface area (Å²) in [6.45, 7) is 4.70. The van der Waals surface area contributed by atoms with E-state index in [0.717, 1.165) is 44.2 Å². The third-order valence-electron chi connectivity index (χ3n) is 12.1. The van der Waals surface area contributed by atoms with Crippen molar-refractivity contribution in [1.29, 1.82) is 0 Å². The second-order valence-electron chi connectivity index (χ2n) is 14.6. The third kappa shape index (κ3) is 3.89. The first kappa shape index (κ1) is 30.5. The van der Waals surface area contributed by atoms with Crippen LogP contribution in [-0.4, -0.2) is 41.4 Å². The quantitative estimate of drug-likeness (QED) is 0.193. The molecule has 2 fully saturated rings. The molecule has 1 unspecified atom stereocenters. The van der Waals surface area contributed by atoms with Gasteiger partial charge in [0.1, 0.15) is 5.54 Å². The molecule has 9 rings (SSSR count). The predicted molar refractivity (Wildman–Crippen MR) is 194 cm³/mol. The molecule has 49 heavy (non-hydrogen) atoms. The molecule has 0 aromatic heterocycles. The Labute approximate surface area is 291 Å². The van der Waals surface area contributed by atoms with Crippen molar-refractivity contribution >= 4 is 39.7 Å². The largest absolute Gasteiger partial charge is 0.380 e. The Hall–Kier alpha value is -4.58. The average Bonchev–Trinajstić information content (AvgIpc) is 3.70. The number of aryl methyl sites for hydroxylation is 2. The van der Waals surface area contributed by atoms with E-state index in [2.05, 4.69) is 85.5 Å². The van der Waals surface area contributed by atoms with Crippen molar-refractivity contribution < 1.29 is 14.4 Å². The lowest BCUT2D eigenvalue weighted by Crippen LogP contribution is -2.66. The Morgan fingerprint density at radius 2 is 1.45 bits per heavy atom. The van der Waals surface area contributed by atoms with Crippen molar-refractivity contribution in [2.24, 2.45) is 10.6 Å². The van der Waals surface area contributed by atoms with Crippen LogP contribution in [0.3, 0.4) is 0 Å². The maximum atomic E-state index is 16.4. The fourth-order valence-electron chi connectivity index (χ4n) is 10.1. The molecule has 1 saturated carbocycles. The van der Waals surface area contributed by atoms with Gasteiger partial charge in [-0.1, -0.05) is 125 Å². The lowest BCUT2D eigenvalue weighted by Gasteiger charge is -2.53. The first-order valence-corrected chi connectivity index (χ1v) is 17.6. The molecule has 1 saturated heterocycles. The van der Waals surface area contributed by atoms with Crippen LogP contribution < -0.4 is 0 Å². The highest BCUT2D eigenvalue weighted by atomic mass is 35.5. The number of hydrogen-bond donors (Lipinski definition) is 0. The third-order valence-corrected chi connectivity index (χ3v) is 12.4. The smallest absolute Gasteiger partial charge is 0.208 e. The maximum absolute atomic E-state index is 16.4. The van der Waals surface area contributed by atoms with Gasteiger partial charge in [0, 0.05) is 28.6 Å². The van der Waals surface area contributed by atoms with Gasteiger partial charge in [-0.15, -0.1) is 0 Å². The van der Waals surface area contributed by atoms with E-state index in [1.54, 1.807) is 0 Å². The van der Waals surface area contributed by atoms with Gasteiger partial charge < -0.3 is 4.84 Å². The van der Waals surface area contributed by atoms with Gasteiger partial charge in [0.2, 0.25) is 5.60 Å². The van der Waals surface area contributed by atoms with Crippen molar-refractivity contribution in [3.8, 4) is 0 Å². The highest BCUT2D eigenvalue weighted by Gasteiger charge is 2.78.